The van der Waals surface area contributed by atoms with E-state index in [2.05, 4.69) is 15.9 Å². The van der Waals surface area contributed by atoms with Gasteiger partial charge in [-0.2, -0.15) is 0 Å². The van der Waals surface area contributed by atoms with E-state index in [0.29, 0.717) is 0 Å². The predicted octanol–water partition coefficient (Wildman–Crippen LogP) is 1.65. The number of hydrogen-bond donors (Lipinski definition) is 0. The molecule has 104 valence electrons. The monoisotopic (exact) mass is 337 g/mol. The number of alkyl halides is 1. The zero-order chi connectivity index (χ0) is 13.9. The molecule has 2 fully saturated rings. The van der Waals surface area contributed by atoms with Gasteiger partial charge in [0.1, 0.15) is 0 Å². The normalized spacial score (nSPS) is 44.0. The lowest BCUT2D eigenvalue weighted by Crippen LogP contribution is -2.43. The smallest absolute Gasteiger partial charge is 0.214 e. The van der Waals surface area contributed by atoms with Crippen LogP contribution in [0.4, 0.5) is 0 Å². The molecule has 18 heavy (non-hydrogen) atoms. The second-order valence-electron chi connectivity index (χ2n) is 6.20. The summed E-state index contributed by atoms with van der Waals surface area (Å²) in [5, 5.41) is 0. The van der Waals surface area contributed by atoms with E-state index >= 15 is 0 Å². The Labute approximate surface area is 117 Å². The molecule has 2 saturated carbocycles. The van der Waals surface area contributed by atoms with Gasteiger partial charge in [0.25, 0.3) is 0 Å². The molecule has 0 aromatic heterocycles. The first kappa shape index (κ1) is 14.5. The topological polar surface area (TPSA) is 54.5 Å². The summed E-state index contributed by atoms with van der Waals surface area (Å²) in [6.45, 7) is 3.90. The lowest BCUT2D eigenvalue weighted by atomic mass is 9.70. The molecule has 0 aromatic rings. The molecule has 0 amide bonds. The summed E-state index contributed by atoms with van der Waals surface area (Å²) in [4.78, 5) is 12.1. The van der Waals surface area contributed by atoms with E-state index in [9.17, 15) is 13.2 Å². The molecule has 0 radical (unpaired) electrons. The Bertz CT molecular complexity index is 490. The molecule has 0 saturated heterocycles. The summed E-state index contributed by atoms with van der Waals surface area (Å²) in [6, 6.07) is 0. The summed E-state index contributed by atoms with van der Waals surface area (Å²) >= 11 is 3.46. The highest BCUT2D eigenvalue weighted by molar-refractivity contribution is 9.10. The molecule has 0 N–H and O–H groups in total. The van der Waals surface area contributed by atoms with Crippen LogP contribution in [0.1, 0.15) is 26.7 Å². The Morgan fingerprint density at radius 3 is 2.33 bits per heavy atom. The van der Waals surface area contributed by atoms with Crippen LogP contribution in [0.25, 0.3) is 0 Å². The van der Waals surface area contributed by atoms with Crippen molar-refractivity contribution in [3.8, 4) is 0 Å². The first-order valence-electron chi connectivity index (χ1n) is 6.15. The third-order valence-corrected chi connectivity index (χ3v) is 8.35. The number of ketones is 1. The molecule has 2 rings (SSSR count). The van der Waals surface area contributed by atoms with Crippen LogP contribution in [0.5, 0.6) is 0 Å². The number of Topliss-reactive ketones (excluding diaryl/α,β-unsaturated/α-hetero) is 1. The fraction of sp³-hybridized carbons (Fsp3) is 0.917. The SMILES string of the molecule is CN(C)S(=O)(=O)C[C@]1(C)[C@H]2CC[C@]1(C)C(=O)[C@@H]2Br. The average molecular weight is 338 g/mol. The number of nitrogens with zero attached hydrogens (tertiary/aromatic N) is 1. The van der Waals surface area contributed by atoms with Gasteiger partial charge in [0, 0.05) is 19.5 Å². The van der Waals surface area contributed by atoms with Crippen LogP contribution in [-0.4, -0.2) is 43.2 Å². The largest absolute Gasteiger partial charge is 0.298 e. The molecule has 2 bridgehead atoms. The zero-order valence-corrected chi connectivity index (χ0v) is 13.6. The third kappa shape index (κ3) is 1.64. The van der Waals surface area contributed by atoms with Crippen molar-refractivity contribution in [2.75, 3.05) is 19.8 Å². The Morgan fingerprint density at radius 2 is 1.94 bits per heavy atom. The highest BCUT2D eigenvalue weighted by Crippen LogP contribution is 2.65. The Hall–Kier alpha value is 0.0600. The van der Waals surface area contributed by atoms with Gasteiger partial charge in [-0.15, -0.1) is 0 Å². The van der Waals surface area contributed by atoms with Crippen LogP contribution in [0.2, 0.25) is 0 Å². The van der Waals surface area contributed by atoms with E-state index in [1.165, 1.54) is 4.31 Å². The standard InChI is InChI=1S/C12H20BrNO3S/c1-11-6-5-8(9(13)10(11)15)12(11,2)7-18(16,17)14(3)4/h8-9H,5-7H2,1-4H3/t8-,9+,11+,12+/m0/s1. The van der Waals surface area contributed by atoms with Crippen LogP contribution in [-0.2, 0) is 14.8 Å². The summed E-state index contributed by atoms with van der Waals surface area (Å²) in [5.74, 6) is 0.363. The minimum atomic E-state index is -3.29. The molecule has 6 heteroatoms. The van der Waals surface area contributed by atoms with Gasteiger partial charge in [-0.25, -0.2) is 12.7 Å². The van der Waals surface area contributed by atoms with Crippen molar-refractivity contribution in [1.29, 1.82) is 0 Å². The number of carbonyl (C=O) groups excluding carboxylic acids is 1. The predicted molar refractivity (Wildman–Crippen MR) is 74.1 cm³/mol. The Kier molecular flexibility index (Phi) is 3.24. The second kappa shape index (κ2) is 4.03. The fourth-order valence-electron chi connectivity index (χ4n) is 3.59. The first-order valence-corrected chi connectivity index (χ1v) is 8.67. The van der Waals surface area contributed by atoms with E-state index in [-0.39, 0.29) is 22.3 Å². The minimum Gasteiger partial charge on any atom is -0.298 e. The van der Waals surface area contributed by atoms with Gasteiger partial charge in [0.15, 0.2) is 5.78 Å². The van der Waals surface area contributed by atoms with Crippen LogP contribution in [0.15, 0.2) is 0 Å². The molecule has 0 heterocycles. The van der Waals surface area contributed by atoms with Crippen molar-refractivity contribution in [3.05, 3.63) is 0 Å². The van der Waals surface area contributed by atoms with Crippen molar-refractivity contribution < 1.29 is 13.2 Å². The van der Waals surface area contributed by atoms with Crippen LogP contribution in [0, 0.1) is 16.7 Å². The van der Waals surface area contributed by atoms with Gasteiger partial charge >= 0.3 is 0 Å². The average Bonchev–Trinajstić information content (AvgIpc) is 2.54. The first-order chi connectivity index (χ1) is 8.06. The molecular weight excluding hydrogens is 318 g/mol. The minimum absolute atomic E-state index is 0.0575. The third-order valence-electron chi connectivity index (χ3n) is 5.22. The van der Waals surface area contributed by atoms with Gasteiger partial charge in [0.2, 0.25) is 10.0 Å². The molecule has 2 aliphatic carbocycles. The number of fused-ring (bicyclic) bond motifs is 2. The summed E-state index contributed by atoms with van der Waals surface area (Å²) in [7, 11) is -0.197. The fourth-order valence-corrected chi connectivity index (χ4v) is 6.49. The molecule has 0 aromatic carbocycles. The van der Waals surface area contributed by atoms with E-state index in [1.54, 1.807) is 14.1 Å². The van der Waals surface area contributed by atoms with Crippen molar-refractivity contribution in [2.45, 2.75) is 31.5 Å². The molecule has 0 aliphatic heterocycles. The zero-order valence-electron chi connectivity index (χ0n) is 11.2. The van der Waals surface area contributed by atoms with Crippen LogP contribution in [0.3, 0.4) is 0 Å². The van der Waals surface area contributed by atoms with Crippen molar-refractivity contribution in [2.24, 2.45) is 16.7 Å². The number of halogens is 1. The molecule has 0 unspecified atom stereocenters. The van der Waals surface area contributed by atoms with E-state index in [4.69, 9.17) is 0 Å². The number of sulfonamides is 1. The quantitative estimate of drug-likeness (QED) is 0.735. The summed E-state index contributed by atoms with van der Waals surface area (Å²) in [6.07, 6.45) is 1.73. The lowest BCUT2D eigenvalue weighted by Gasteiger charge is -2.36. The van der Waals surface area contributed by atoms with Crippen molar-refractivity contribution >= 4 is 31.7 Å². The summed E-state index contributed by atoms with van der Waals surface area (Å²) in [5.41, 5.74) is -0.962. The highest BCUT2D eigenvalue weighted by Gasteiger charge is 2.68. The van der Waals surface area contributed by atoms with Gasteiger partial charge in [0.05, 0.1) is 10.6 Å². The Balaban J connectivity index is 2.42. The van der Waals surface area contributed by atoms with Crippen LogP contribution >= 0.6 is 15.9 Å². The molecule has 2 aliphatic rings. The maximum atomic E-state index is 12.3. The molecule has 4 atom stereocenters. The molecule has 0 spiro atoms. The maximum Gasteiger partial charge on any atom is 0.214 e. The Morgan fingerprint density at radius 1 is 1.39 bits per heavy atom. The number of carbonyl (C=O) groups is 1. The summed E-state index contributed by atoms with van der Waals surface area (Å²) < 4.78 is 25.6. The molecule has 4 nitrogen and oxygen atoms in total. The van der Waals surface area contributed by atoms with Gasteiger partial charge in [-0.05, 0) is 24.2 Å². The van der Waals surface area contributed by atoms with Crippen molar-refractivity contribution in [1.82, 2.24) is 4.31 Å². The van der Waals surface area contributed by atoms with E-state index in [1.807, 2.05) is 13.8 Å². The van der Waals surface area contributed by atoms with E-state index < -0.39 is 20.9 Å². The van der Waals surface area contributed by atoms with Gasteiger partial charge in [-0.3, -0.25) is 4.79 Å². The van der Waals surface area contributed by atoms with Crippen LogP contribution < -0.4 is 0 Å². The van der Waals surface area contributed by atoms with Gasteiger partial charge in [-0.1, -0.05) is 29.8 Å². The van der Waals surface area contributed by atoms with Crippen molar-refractivity contribution in [3.63, 3.8) is 0 Å². The lowest BCUT2D eigenvalue weighted by molar-refractivity contribution is -0.127. The van der Waals surface area contributed by atoms with Gasteiger partial charge < -0.3 is 0 Å². The molecular formula is C12H20BrNO3S. The maximum absolute atomic E-state index is 12.3. The van der Waals surface area contributed by atoms with E-state index in [0.717, 1.165) is 12.8 Å². The number of hydrogen-bond acceptors (Lipinski definition) is 3. The second-order valence-corrected chi connectivity index (χ2v) is 9.37. The number of rotatable bonds is 3. The highest BCUT2D eigenvalue weighted by atomic mass is 79.9.